The summed E-state index contributed by atoms with van der Waals surface area (Å²) >= 11 is 18.5. The van der Waals surface area contributed by atoms with Gasteiger partial charge in [-0.15, -0.1) is 0 Å². The number of nitrogens with zero attached hydrogens (tertiary/aromatic N) is 2. The highest BCUT2D eigenvalue weighted by atomic mass is 35.5. The molecule has 9 nitrogen and oxygen atoms in total. The van der Waals surface area contributed by atoms with Crippen molar-refractivity contribution in [1.82, 2.24) is 14.9 Å². The summed E-state index contributed by atoms with van der Waals surface area (Å²) in [4.78, 5) is 29.6. The quantitative estimate of drug-likeness (QED) is 0.300. The molecule has 192 valence electrons. The third kappa shape index (κ3) is 4.97. The molecule has 0 aliphatic rings. The molecule has 37 heavy (non-hydrogen) atoms. The summed E-state index contributed by atoms with van der Waals surface area (Å²) in [6, 6.07) is 11.8. The molecule has 0 radical (unpaired) electrons. The summed E-state index contributed by atoms with van der Waals surface area (Å²) in [6.45, 7) is 2.16. The smallest absolute Gasteiger partial charge is 0.263 e. The molecule has 13 heteroatoms. The molecule has 4 N–H and O–H groups in total. The molecule has 0 saturated carbocycles. The normalized spacial score (nSPS) is 11.5. The van der Waals surface area contributed by atoms with Crippen LogP contribution in [0.25, 0.3) is 22.3 Å². The highest BCUT2D eigenvalue weighted by Crippen LogP contribution is 2.32. The van der Waals surface area contributed by atoms with Gasteiger partial charge in [-0.1, -0.05) is 34.8 Å². The molecule has 0 fully saturated rings. The van der Waals surface area contributed by atoms with Crippen LogP contribution in [0, 0.1) is 0 Å². The number of amides is 1. The number of nitrogen functional groups attached to an aromatic ring is 1. The van der Waals surface area contributed by atoms with E-state index in [4.69, 9.17) is 40.5 Å². The second-order valence-electron chi connectivity index (χ2n) is 7.86. The van der Waals surface area contributed by atoms with Crippen LogP contribution in [0.5, 0.6) is 0 Å². The van der Waals surface area contributed by atoms with Crippen molar-refractivity contribution >= 4 is 73.3 Å². The van der Waals surface area contributed by atoms with Crippen molar-refractivity contribution in [2.75, 3.05) is 17.5 Å². The van der Waals surface area contributed by atoms with Crippen LogP contribution in [0.2, 0.25) is 15.1 Å². The highest BCUT2D eigenvalue weighted by Gasteiger charge is 2.22. The summed E-state index contributed by atoms with van der Waals surface area (Å²) < 4.78 is 29.7. The SMILES string of the molecule is CCn1c(N)c(C(=O)NC)c(=O)c2ccc(-c3ccc(NS(=O)(=O)c4cc(Cl)ccc4Cl)cc3Cl)nc21. The van der Waals surface area contributed by atoms with Gasteiger partial charge < -0.3 is 15.6 Å². The third-order valence-electron chi connectivity index (χ3n) is 5.60. The highest BCUT2D eigenvalue weighted by molar-refractivity contribution is 7.92. The molecule has 0 atom stereocenters. The van der Waals surface area contributed by atoms with Gasteiger partial charge in [-0.05, 0) is 55.5 Å². The van der Waals surface area contributed by atoms with Crippen molar-refractivity contribution in [2.24, 2.45) is 0 Å². The molecule has 0 aliphatic heterocycles. The summed E-state index contributed by atoms with van der Waals surface area (Å²) in [7, 11) is -2.63. The van der Waals surface area contributed by atoms with Crippen molar-refractivity contribution in [3.8, 4) is 11.3 Å². The molecular weight excluding hydrogens is 561 g/mol. The van der Waals surface area contributed by atoms with E-state index in [0.717, 1.165) is 0 Å². The van der Waals surface area contributed by atoms with Crippen LogP contribution in [0.15, 0.2) is 58.2 Å². The second kappa shape index (κ2) is 10.2. The van der Waals surface area contributed by atoms with Crippen LogP contribution in [0.4, 0.5) is 11.5 Å². The maximum absolute atomic E-state index is 13.0. The Morgan fingerprint density at radius 3 is 2.43 bits per heavy atom. The molecule has 0 bridgehead atoms. The average Bonchev–Trinajstić information content (AvgIpc) is 2.85. The largest absolute Gasteiger partial charge is 0.384 e. The molecule has 2 aromatic heterocycles. The lowest BCUT2D eigenvalue weighted by Crippen LogP contribution is -2.30. The van der Waals surface area contributed by atoms with Gasteiger partial charge >= 0.3 is 0 Å². The summed E-state index contributed by atoms with van der Waals surface area (Å²) in [5.74, 6) is -0.588. The zero-order chi connectivity index (χ0) is 27.1. The number of aryl methyl sites for hydroxylation is 1. The Balaban J connectivity index is 1.76. The minimum Gasteiger partial charge on any atom is -0.384 e. The number of sulfonamides is 1. The van der Waals surface area contributed by atoms with Gasteiger partial charge in [0, 0.05) is 24.2 Å². The molecular formula is C24H20Cl3N5O4S. The minimum absolute atomic E-state index is 0.000437. The van der Waals surface area contributed by atoms with E-state index in [1.165, 1.54) is 37.4 Å². The molecule has 0 spiro atoms. The molecule has 2 aromatic carbocycles. The maximum Gasteiger partial charge on any atom is 0.263 e. The van der Waals surface area contributed by atoms with Crippen LogP contribution < -0.4 is 21.2 Å². The Kier molecular flexibility index (Phi) is 7.38. The van der Waals surface area contributed by atoms with E-state index in [1.807, 2.05) is 6.92 Å². The Hall–Kier alpha value is -3.31. The summed E-state index contributed by atoms with van der Waals surface area (Å²) in [5, 5.41) is 3.08. The Morgan fingerprint density at radius 2 is 1.78 bits per heavy atom. The van der Waals surface area contributed by atoms with E-state index < -0.39 is 21.4 Å². The number of fused-ring (bicyclic) bond motifs is 1. The molecule has 0 aliphatic carbocycles. The van der Waals surface area contributed by atoms with Crippen LogP contribution in [0.3, 0.4) is 0 Å². The van der Waals surface area contributed by atoms with Gasteiger partial charge in [0.25, 0.3) is 15.9 Å². The summed E-state index contributed by atoms with van der Waals surface area (Å²) in [6.07, 6.45) is 0. The first-order chi connectivity index (χ1) is 17.5. The van der Waals surface area contributed by atoms with Gasteiger partial charge in [0.1, 0.15) is 21.9 Å². The van der Waals surface area contributed by atoms with Gasteiger partial charge in [0.15, 0.2) is 0 Å². The van der Waals surface area contributed by atoms with Crippen LogP contribution >= 0.6 is 34.8 Å². The van der Waals surface area contributed by atoms with Gasteiger partial charge in [0.2, 0.25) is 5.43 Å². The number of aromatic nitrogens is 2. The predicted molar refractivity (Wildman–Crippen MR) is 147 cm³/mol. The monoisotopic (exact) mass is 579 g/mol. The molecule has 0 saturated heterocycles. The fourth-order valence-electron chi connectivity index (χ4n) is 3.83. The van der Waals surface area contributed by atoms with Crippen LogP contribution in [-0.4, -0.2) is 30.9 Å². The van der Waals surface area contributed by atoms with Gasteiger partial charge in [-0.25, -0.2) is 13.4 Å². The van der Waals surface area contributed by atoms with Crippen LogP contribution in [-0.2, 0) is 16.6 Å². The first-order valence-electron chi connectivity index (χ1n) is 10.8. The summed E-state index contributed by atoms with van der Waals surface area (Å²) in [5.41, 5.74) is 6.84. The average molecular weight is 581 g/mol. The van der Waals surface area contributed by atoms with E-state index in [2.05, 4.69) is 15.0 Å². The lowest BCUT2D eigenvalue weighted by Gasteiger charge is -2.16. The van der Waals surface area contributed by atoms with Crippen molar-refractivity contribution in [3.05, 3.63) is 79.4 Å². The Bertz CT molecular complexity index is 1740. The number of nitrogens with one attached hydrogen (secondary N) is 2. The number of hydrogen-bond donors (Lipinski definition) is 3. The first-order valence-corrected chi connectivity index (χ1v) is 13.4. The number of halogens is 3. The van der Waals surface area contributed by atoms with Gasteiger partial charge in [-0.2, -0.15) is 0 Å². The van der Waals surface area contributed by atoms with E-state index in [9.17, 15) is 18.0 Å². The fourth-order valence-corrected chi connectivity index (χ4v) is 5.92. The third-order valence-corrected chi connectivity index (χ3v) is 8.01. The van der Waals surface area contributed by atoms with Gasteiger partial charge in [0.05, 0.1) is 26.8 Å². The van der Waals surface area contributed by atoms with Crippen LogP contribution in [0.1, 0.15) is 17.3 Å². The van der Waals surface area contributed by atoms with Crippen molar-refractivity contribution in [3.63, 3.8) is 0 Å². The molecule has 1 amide bonds. The minimum atomic E-state index is -4.05. The first kappa shape index (κ1) is 26.7. The van der Waals surface area contributed by atoms with E-state index in [0.29, 0.717) is 17.8 Å². The zero-order valence-electron chi connectivity index (χ0n) is 19.5. The number of nitrogens with two attached hydrogens (primary N) is 1. The van der Waals surface area contributed by atoms with E-state index >= 15 is 0 Å². The molecule has 4 aromatic rings. The van der Waals surface area contributed by atoms with E-state index in [1.54, 1.807) is 22.8 Å². The lowest BCUT2D eigenvalue weighted by molar-refractivity contribution is 0.0962. The molecule has 0 unspecified atom stereocenters. The number of carbonyl (C=O) groups is 1. The van der Waals surface area contributed by atoms with Gasteiger partial charge in [-0.3, -0.25) is 14.3 Å². The Labute approximate surface area is 227 Å². The molecule has 4 rings (SSSR count). The van der Waals surface area contributed by atoms with Crippen molar-refractivity contribution in [1.29, 1.82) is 0 Å². The number of pyridine rings is 2. The number of rotatable bonds is 6. The number of benzene rings is 2. The standard InChI is InChI=1S/C24H20Cl3N5O4S/c1-3-32-22(28)20(24(34)29-2)21(33)15-7-9-18(30-23(15)32)14-6-5-13(11-17(14)27)31-37(35,36)19-10-12(25)4-8-16(19)26/h4-11,31H,3,28H2,1-2H3,(H,29,34). The Morgan fingerprint density at radius 1 is 1.05 bits per heavy atom. The lowest BCUT2D eigenvalue weighted by atomic mass is 10.1. The zero-order valence-corrected chi connectivity index (χ0v) is 22.6. The number of hydrogen-bond acceptors (Lipinski definition) is 6. The second-order valence-corrected chi connectivity index (χ2v) is 10.8. The fraction of sp³-hybridized carbons (Fsp3) is 0.125. The van der Waals surface area contributed by atoms with E-state index in [-0.39, 0.29) is 48.1 Å². The topological polar surface area (TPSA) is 136 Å². The predicted octanol–water partition coefficient (Wildman–Crippen LogP) is 4.79. The molecule has 2 heterocycles. The van der Waals surface area contributed by atoms with Crippen molar-refractivity contribution < 1.29 is 13.2 Å². The van der Waals surface area contributed by atoms with Crippen molar-refractivity contribution in [2.45, 2.75) is 18.4 Å². The maximum atomic E-state index is 13.0. The number of anilines is 2. The number of carbonyl (C=O) groups excluding carboxylic acids is 1.